The predicted octanol–water partition coefficient (Wildman–Crippen LogP) is 2.46. The van der Waals surface area contributed by atoms with E-state index in [1.54, 1.807) is 0 Å². The third-order valence-corrected chi connectivity index (χ3v) is 2.91. The molecule has 0 aromatic carbocycles. The summed E-state index contributed by atoms with van der Waals surface area (Å²) in [5.41, 5.74) is 0. The molecule has 0 bridgehead atoms. The van der Waals surface area contributed by atoms with Crippen molar-refractivity contribution in [3.05, 3.63) is 0 Å². The molecule has 0 aromatic heterocycles. The van der Waals surface area contributed by atoms with Crippen molar-refractivity contribution in [2.75, 3.05) is 12.8 Å². The zero-order chi connectivity index (χ0) is 11.6. The summed E-state index contributed by atoms with van der Waals surface area (Å²) < 4.78 is 10.5. The van der Waals surface area contributed by atoms with Crippen molar-refractivity contribution in [3.8, 4) is 0 Å². The van der Waals surface area contributed by atoms with Gasteiger partial charge in [0.05, 0.1) is 6.29 Å². The van der Waals surface area contributed by atoms with E-state index in [1.807, 2.05) is 0 Å². The van der Waals surface area contributed by atoms with Gasteiger partial charge in [0.25, 0.3) is 0 Å². The van der Waals surface area contributed by atoms with Gasteiger partial charge in [0.2, 0.25) is 0 Å². The maximum Gasteiger partial charge on any atom is 0.339 e. The molecule has 0 aliphatic carbocycles. The fourth-order valence-corrected chi connectivity index (χ4v) is 1.88. The number of hydrogen-bond acceptors (Lipinski definition) is 2. The monoisotopic (exact) mass is 237 g/mol. The van der Waals surface area contributed by atoms with E-state index in [9.17, 15) is 4.57 Å². The Morgan fingerprint density at radius 1 is 1.00 bits per heavy atom. The molecule has 0 unspecified atom stereocenters. The summed E-state index contributed by atoms with van der Waals surface area (Å²) in [7, 11) is -3.85. The van der Waals surface area contributed by atoms with E-state index >= 15 is 0 Å². The van der Waals surface area contributed by atoms with E-state index in [2.05, 4.69) is 12.2 Å². The second-order valence-corrected chi connectivity index (χ2v) is 5.59. The van der Waals surface area contributed by atoms with Crippen LogP contribution in [0.25, 0.3) is 0 Å². The van der Waals surface area contributed by atoms with Crippen molar-refractivity contribution in [2.24, 2.45) is 0 Å². The molecule has 0 rings (SSSR count). The first-order chi connectivity index (χ1) is 7.06. The van der Waals surface area contributed by atoms with E-state index in [0.29, 0.717) is 6.54 Å². The summed E-state index contributed by atoms with van der Waals surface area (Å²) in [4.78, 5) is 17.1. The predicted molar refractivity (Wildman–Crippen MR) is 62.9 cm³/mol. The Bertz CT molecular complexity index is 182. The number of rotatable bonds is 10. The first-order valence-corrected chi connectivity index (χ1v) is 7.61. The number of unbranched alkanes of at least 4 members (excludes halogenated alkanes) is 6. The highest BCUT2D eigenvalue weighted by atomic mass is 31.2. The van der Waals surface area contributed by atoms with Gasteiger partial charge >= 0.3 is 7.60 Å². The van der Waals surface area contributed by atoms with Crippen LogP contribution in [-0.4, -0.2) is 22.6 Å². The molecule has 5 heteroatoms. The largest absolute Gasteiger partial charge is 0.339 e. The minimum Gasteiger partial charge on any atom is -0.324 e. The highest BCUT2D eigenvalue weighted by Crippen LogP contribution is 2.31. The molecule has 0 saturated heterocycles. The van der Waals surface area contributed by atoms with Crippen molar-refractivity contribution in [3.63, 3.8) is 0 Å². The van der Waals surface area contributed by atoms with Crippen molar-refractivity contribution in [2.45, 2.75) is 51.9 Å². The molecular weight excluding hydrogens is 213 g/mol. The molecule has 0 aromatic rings. The molecule has 0 atom stereocenters. The van der Waals surface area contributed by atoms with Crippen LogP contribution in [-0.2, 0) is 4.57 Å². The Balaban J connectivity index is 3.02. The Kier molecular flexibility index (Phi) is 9.41. The van der Waals surface area contributed by atoms with Gasteiger partial charge in [0, 0.05) is 0 Å². The van der Waals surface area contributed by atoms with Gasteiger partial charge in [-0.2, -0.15) is 0 Å². The minimum atomic E-state index is -3.85. The fourth-order valence-electron chi connectivity index (χ4n) is 1.43. The van der Waals surface area contributed by atoms with Crippen LogP contribution in [0.15, 0.2) is 0 Å². The van der Waals surface area contributed by atoms with Crippen molar-refractivity contribution in [1.82, 2.24) is 5.32 Å². The Morgan fingerprint density at radius 3 is 2.07 bits per heavy atom. The van der Waals surface area contributed by atoms with E-state index in [-0.39, 0.29) is 6.29 Å². The van der Waals surface area contributed by atoms with Gasteiger partial charge in [-0.1, -0.05) is 45.4 Å². The molecule has 92 valence electrons. The standard InChI is InChI=1S/C10H24NO3P/c1-2-3-4-5-6-7-8-9-11-10-15(12,13)14/h11H,2-10H2,1H3,(H2,12,13,14). The van der Waals surface area contributed by atoms with Gasteiger partial charge < -0.3 is 15.1 Å². The maximum absolute atomic E-state index is 10.5. The summed E-state index contributed by atoms with van der Waals surface area (Å²) in [5, 5.41) is 2.76. The zero-order valence-corrected chi connectivity index (χ0v) is 10.5. The fraction of sp³-hybridized carbons (Fsp3) is 1.00. The normalized spacial score (nSPS) is 11.9. The molecule has 4 nitrogen and oxygen atoms in total. The highest BCUT2D eigenvalue weighted by molar-refractivity contribution is 7.51. The second kappa shape index (κ2) is 9.34. The Morgan fingerprint density at radius 2 is 1.53 bits per heavy atom. The summed E-state index contributed by atoms with van der Waals surface area (Å²) in [6, 6.07) is 0. The van der Waals surface area contributed by atoms with Crippen molar-refractivity contribution < 1.29 is 14.4 Å². The van der Waals surface area contributed by atoms with Crippen LogP contribution in [0.5, 0.6) is 0 Å². The summed E-state index contributed by atoms with van der Waals surface area (Å²) in [5.74, 6) is 0. The lowest BCUT2D eigenvalue weighted by molar-refractivity contribution is 0.367. The van der Waals surface area contributed by atoms with Crippen LogP contribution in [0, 0.1) is 0 Å². The molecular formula is C10H24NO3P. The van der Waals surface area contributed by atoms with Gasteiger partial charge in [0.1, 0.15) is 0 Å². The molecule has 0 saturated carbocycles. The average Bonchev–Trinajstić information content (AvgIpc) is 2.14. The smallest absolute Gasteiger partial charge is 0.324 e. The molecule has 3 N–H and O–H groups in total. The Hall–Kier alpha value is 0.110. The number of nitrogens with one attached hydrogen (secondary N) is 1. The molecule has 0 aliphatic heterocycles. The molecule has 0 radical (unpaired) electrons. The first-order valence-electron chi connectivity index (χ1n) is 5.81. The molecule has 0 spiro atoms. The lowest BCUT2D eigenvalue weighted by Gasteiger charge is -2.05. The van der Waals surface area contributed by atoms with Crippen LogP contribution >= 0.6 is 7.60 Å². The van der Waals surface area contributed by atoms with Crippen LogP contribution < -0.4 is 5.32 Å². The second-order valence-electron chi connectivity index (χ2n) is 3.94. The lowest BCUT2D eigenvalue weighted by atomic mass is 10.1. The SMILES string of the molecule is CCCCCCCCCNCP(=O)(O)O. The summed E-state index contributed by atoms with van der Waals surface area (Å²) in [6.07, 6.45) is 8.38. The molecule has 0 heterocycles. The van der Waals surface area contributed by atoms with Gasteiger partial charge in [0.15, 0.2) is 0 Å². The Labute approximate surface area is 92.6 Å². The quantitative estimate of drug-likeness (QED) is 0.403. The van der Waals surface area contributed by atoms with Gasteiger partial charge in [-0.05, 0) is 13.0 Å². The highest BCUT2D eigenvalue weighted by Gasteiger charge is 2.10. The van der Waals surface area contributed by atoms with Gasteiger partial charge in [-0.25, -0.2) is 0 Å². The topological polar surface area (TPSA) is 69.6 Å². The zero-order valence-electron chi connectivity index (χ0n) is 9.61. The molecule has 15 heavy (non-hydrogen) atoms. The van der Waals surface area contributed by atoms with E-state index < -0.39 is 7.60 Å². The van der Waals surface area contributed by atoms with E-state index in [1.165, 1.54) is 32.1 Å². The van der Waals surface area contributed by atoms with Crippen LogP contribution in [0.4, 0.5) is 0 Å². The summed E-state index contributed by atoms with van der Waals surface area (Å²) in [6.45, 7) is 2.91. The van der Waals surface area contributed by atoms with Crippen LogP contribution in [0.3, 0.4) is 0 Å². The molecule has 0 amide bonds. The number of hydrogen-bond donors (Lipinski definition) is 3. The van der Waals surface area contributed by atoms with Crippen molar-refractivity contribution in [1.29, 1.82) is 0 Å². The van der Waals surface area contributed by atoms with E-state index in [4.69, 9.17) is 9.79 Å². The average molecular weight is 237 g/mol. The lowest BCUT2D eigenvalue weighted by Crippen LogP contribution is -2.16. The van der Waals surface area contributed by atoms with Crippen LogP contribution in [0.1, 0.15) is 51.9 Å². The molecule has 0 fully saturated rings. The minimum absolute atomic E-state index is 0.192. The van der Waals surface area contributed by atoms with E-state index in [0.717, 1.165) is 12.8 Å². The third-order valence-electron chi connectivity index (χ3n) is 2.27. The van der Waals surface area contributed by atoms with Crippen molar-refractivity contribution >= 4 is 7.60 Å². The van der Waals surface area contributed by atoms with Gasteiger partial charge in [-0.15, -0.1) is 0 Å². The third kappa shape index (κ3) is 14.1. The van der Waals surface area contributed by atoms with Gasteiger partial charge in [-0.3, -0.25) is 4.57 Å². The maximum atomic E-state index is 10.5. The first kappa shape index (κ1) is 15.1. The summed E-state index contributed by atoms with van der Waals surface area (Å²) >= 11 is 0. The van der Waals surface area contributed by atoms with Crippen LogP contribution in [0.2, 0.25) is 0 Å². The molecule has 0 aliphatic rings.